The molecule has 0 aromatic heterocycles. The molecule has 0 spiro atoms. The first-order chi connectivity index (χ1) is 9.29. The SMILES string of the molecule is CCOC(=O)c1cc(C(=O)OCC)cc(S(=O)(=O)O)c1.[NaH]. The summed E-state index contributed by atoms with van der Waals surface area (Å²) in [6.45, 7) is 3.33. The van der Waals surface area contributed by atoms with Crippen LogP contribution in [0.3, 0.4) is 0 Å². The van der Waals surface area contributed by atoms with E-state index in [0.717, 1.165) is 18.2 Å². The van der Waals surface area contributed by atoms with Crippen molar-refractivity contribution in [3.8, 4) is 0 Å². The molecule has 1 aromatic rings. The molecule has 0 heterocycles. The van der Waals surface area contributed by atoms with Crippen LogP contribution in [0.2, 0.25) is 0 Å². The Hall–Kier alpha value is -0.930. The summed E-state index contributed by atoms with van der Waals surface area (Å²) in [7, 11) is -4.56. The first-order valence-electron chi connectivity index (χ1n) is 5.76. The minimum absolute atomic E-state index is 0. The van der Waals surface area contributed by atoms with Gasteiger partial charge in [0.25, 0.3) is 10.1 Å². The molecule has 0 unspecified atom stereocenters. The summed E-state index contributed by atoms with van der Waals surface area (Å²) in [4.78, 5) is 22.6. The van der Waals surface area contributed by atoms with E-state index >= 15 is 0 Å². The van der Waals surface area contributed by atoms with Gasteiger partial charge in [-0.05, 0) is 32.0 Å². The van der Waals surface area contributed by atoms with Gasteiger partial charge in [0, 0.05) is 0 Å². The van der Waals surface area contributed by atoms with Gasteiger partial charge in [0.05, 0.1) is 29.2 Å². The second-order valence-corrected chi connectivity index (χ2v) is 5.08. The monoisotopic (exact) mass is 326 g/mol. The Morgan fingerprint density at radius 3 is 1.67 bits per heavy atom. The molecule has 0 amide bonds. The number of benzene rings is 1. The van der Waals surface area contributed by atoms with Crippen molar-refractivity contribution in [2.24, 2.45) is 0 Å². The predicted molar refractivity (Wildman–Crippen MR) is 75.3 cm³/mol. The second kappa shape index (κ2) is 8.50. The van der Waals surface area contributed by atoms with Crippen LogP contribution in [0.15, 0.2) is 23.1 Å². The van der Waals surface area contributed by atoms with Gasteiger partial charge in [-0.1, -0.05) is 0 Å². The fourth-order valence-corrected chi connectivity index (χ4v) is 1.96. The summed E-state index contributed by atoms with van der Waals surface area (Å²) in [6.07, 6.45) is 0. The molecule has 0 aliphatic heterocycles. The molecule has 0 aliphatic carbocycles. The van der Waals surface area contributed by atoms with Gasteiger partial charge in [-0.3, -0.25) is 4.55 Å². The molecule has 0 atom stereocenters. The Kier molecular flexibility index (Phi) is 8.12. The zero-order chi connectivity index (χ0) is 15.3. The Morgan fingerprint density at radius 1 is 1.00 bits per heavy atom. The topological polar surface area (TPSA) is 107 Å². The quantitative estimate of drug-likeness (QED) is 0.480. The van der Waals surface area contributed by atoms with Crippen molar-refractivity contribution < 1.29 is 32.0 Å². The van der Waals surface area contributed by atoms with Crippen LogP contribution < -0.4 is 0 Å². The van der Waals surface area contributed by atoms with Gasteiger partial charge in [-0.15, -0.1) is 0 Å². The Labute approximate surface area is 144 Å². The average molecular weight is 326 g/mol. The van der Waals surface area contributed by atoms with Crippen molar-refractivity contribution in [3.05, 3.63) is 29.3 Å². The van der Waals surface area contributed by atoms with Gasteiger partial charge in [0.15, 0.2) is 0 Å². The van der Waals surface area contributed by atoms with Crippen molar-refractivity contribution in [2.45, 2.75) is 18.7 Å². The summed E-state index contributed by atoms with van der Waals surface area (Å²) < 4.78 is 40.8. The zero-order valence-electron chi connectivity index (χ0n) is 11.0. The van der Waals surface area contributed by atoms with E-state index < -0.39 is 27.0 Å². The molecule has 0 saturated heterocycles. The summed E-state index contributed by atoms with van der Waals surface area (Å²) in [5.41, 5.74) is -0.324. The van der Waals surface area contributed by atoms with Crippen LogP contribution >= 0.6 is 0 Å². The third kappa shape index (κ3) is 5.76. The van der Waals surface area contributed by atoms with Crippen LogP contribution in [0.4, 0.5) is 0 Å². The maximum absolute atomic E-state index is 11.6. The van der Waals surface area contributed by atoms with Gasteiger partial charge in [0.2, 0.25) is 0 Å². The summed E-state index contributed by atoms with van der Waals surface area (Å²) >= 11 is 0. The maximum atomic E-state index is 11.6. The van der Waals surface area contributed by atoms with Crippen molar-refractivity contribution in [2.75, 3.05) is 13.2 Å². The molecule has 21 heavy (non-hydrogen) atoms. The van der Waals surface area contributed by atoms with Crippen molar-refractivity contribution in [1.29, 1.82) is 0 Å². The van der Waals surface area contributed by atoms with Gasteiger partial charge >= 0.3 is 41.5 Å². The van der Waals surface area contributed by atoms with Gasteiger partial charge in [-0.25, -0.2) is 9.59 Å². The molecule has 0 bridgehead atoms. The third-order valence-electron chi connectivity index (χ3n) is 2.23. The van der Waals surface area contributed by atoms with E-state index in [-0.39, 0.29) is 53.9 Å². The first kappa shape index (κ1) is 20.1. The molecule has 0 fully saturated rings. The number of ether oxygens (including phenoxy) is 2. The van der Waals surface area contributed by atoms with Crippen molar-refractivity contribution >= 4 is 51.6 Å². The Balaban J connectivity index is 0.00000400. The van der Waals surface area contributed by atoms with Crippen LogP contribution in [0, 0.1) is 0 Å². The van der Waals surface area contributed by atoms with E-state index in [0.29, 0.717) is 0 Å². The minimum atomic E-state index is -4.56. The van der Waals surface area contributed by atoms with Gasteiger partial charge in [0.1, 0.15) is 0 Å². The number of rotatable bonds is 5. The van der Waals surface area contributed by atoms with Crippen LogP contribution in [-0.2, 0) is 19.6 Å². The van der Waals surface area contributed by atoms with Crippen LogP contribution in [0.1, 0.15) is 34.6 Å². The Bertz CT molecular complexity index is 588. The fourth-order valence-electron chi connectivity index (χ4n) is 1.41. The molecular formula is C12H15NaO7S. The van der Waals surface area contributed by atoms with Crippen LogP contribution in [0.25, 0.3) is 0 Å². The van der Waals surface area contributed by atoms with E-state index in [9.17, 15) is 18.0 Å². The average Bonchev–Trinajstić information content (AvgIpc) is 2.37. The van der Waals surface area contributed by atoms with Crippen LogP contribution in [-0.4, -0.2) is 67.7 Å². The normalized spacial score (nSPS) is 10.4. The molecule has 0 aliphatic rings. The predicted octanol–water partition coefficient (Wildman–Crippen LogP) is 0.638. The molecule has 7 nitrogen and oxygen atoms in total. The molecule has 9 heteroatoms. The number of carbonyl (C=O) groups excluding carboxylic acids is 2. The Morgan fingerprint density at radius 2 is 1.38 bits per heavy atom. The zero-order valence-corrected chi connectivity index (χ0v) is 11.8. The molecule has 1 N–H and O–H groups in total. The first-order valence-corrected chi connectivity index (χ1v) is 7.20. The number of hydrogen-bond donors (Lipinski definition) is 1. The van der Waals surface area contributed by atoms with E-state index in [1.807, 2.05) is 0 Å². The number of carbonyl (C=O) groups is 2. The molecule has 1 aromatic carbocycles. The summed E-state index contributed by atoms with van der Waals surface area (Å²) in [5.74, 6) is -1.60. The van der Waals surface area contributed by atoms with E-state index in [4.69, 9.17) is 14.0 Å². The van der Waals surface area contributed by atoms with Gasteiger partial charge < -0.3 is 9.47 Å². The van der Waals surface area contributed by atoms with Crippen LogP contribution in [0.5, 0.6) is 0 Å². The van der Waals surface area contributed by atoms with Crippen molar-refractivity contribution in [3.63, 3.8) is 0 Å². The van der Waals surface area contributed by atoms with E-state index in [1.54, 1.807) is 13.8 Å². The third-order valence-corrected chi connectivity index (χ3v) is 3.06. The molecule has 0 saturated carbocycles. The molecule has 0 radical (unpaired) electrons. The number of hydrogen-bond acceptors (Lipinski definition) is 6. The standard InChI is InChI=1S/C12H14O7S.Na.H/c1-3-18-11(13)8-5-9(12(14)19-4-2)7-10(6-8)20(15,16)17;;/h5-7H,3-4H2,1-2H3,(H,15,16,17);;. The summed E-state index contributed by atoms with van der Waals surface area (Å²) in [5, 5.41) is 0. The van der Waals surface area contributed by atoms with Gasteiger partial charge in [-0.2, -0.15) is 8.42 Å². The molecule has 112 valence electrons. The van der Waals surface area contributed by atoms with E-state index in [2.05, 4.69) is 0 Å². The molecule has 1 rings (SSSR count). The fraction of sp³-hybridized carbons (Fsp3) is 0.333. The summed E-state index contributed by atoms with van der Waals surface area (Å²) in [6, 6.07) is 3.00. The second-order valence-electron chi connectivity index (χ2n) is 3.66. The van der Waals surface area contributed by atoms with E-state index in [1.165, 1.54) is 0 Å². The molecular weight excluding hydrogens is 311 g/mol. The number of esters is 2. The van der Waals surface area contributed by atoms with Crippen molar-refractivity contribution in [1.82, 2.24) is 0 Å².